The van der Waals surface area contributed by atoms with E-state index in [2.05, 4.69) is 10.2 Å². The molecule has 0 bridgehead atoms. The number of likely N-dealkylation sites (tertiary alicyclic amines) is 1. The van der Waals surface area contributed by atoms with Crippen LogP contribution in [0.1, 0.15) is 43.0 Å². The summed E-state index contributed by atoms with van der Waals surface area (Å²) in [6, 6.07) is 17.6. The van der Waals surface area contributed by atoms with Gasteiger partial charge in [0.1, 0.15) is 5.75 Å². The van der Waals surface area contributed by atoms with E-state index in [0.29, 0.717) is 18.7 Å². The molecule has 4 rings (SSSR count). The molecule has 5 heteroatoms. The lowest BCUT2D eigenvalue weighted by Crippen LogP contribution is -2.33. The van der Waals surface area contributed by atoms with Crippen LogP contribution in [0.4, 0.5) is 0 Å². The van der Waals surface area contributed by atoms with E-state index in [1.54, 1.807) is 0 Å². The Morgan fingerprint density at radius 2 is 1.84 bits per heavy atom. The molecule has 5 nitrogen and oxygen atoms in total. The fourth-order valence-corrected chi connectivity index (χ4v) is 4.18. The van der Waals surface area contributed by atoms with Crippen molar-refractivity contribution < 1.29 is 9.53 Å². The highest BCUT2D eigenvalue weighted by Crippen LogP contribution is 2.26. The van der Waals surface area contributed by atoms with Crippen LogP contribution in [0.5, 0.6) is 5.75 Å². The van der Waals surface area contributed by atoms with Gasteiger partial charge in [0.15, 0.2) is 0 Å². The summed E-state index contributed by atoms with van der Waals surface area (Å²) in [6.45, 7) is 6.72. The third-order valence-electron chi connectivity index (χ3n) is 5.81. The van der Waals surface area contributed by atoms with E-state index in [9.17, 15) is 4.79 Å². The zero-order chi connectivity index (χ0) is 21.5. The smallest absolute Gasteiger partial charge is 0.252 e. The Labute approximate surface area is 184 Å². The number of amides is 1. The molecule has 1 saturated heterocycles. The molecule has 1 fully saturated rings. The highest BCUT2D eigenvalue weighted by atomic mass is 16.5. The molecular formula is C26H31N3O2. The van der Waals surface area contributed by atoms with E-state index in [1.807, 2.05) is 61.5 Å². The summed E-state index contributed by atoms with van der Waals surface area (Å²) in [4.78, 5) is 20.4. The summed E-state index contributed by atoms with van der Waals surface area (Å²) in [5, 5.41) is 4.00. The second-order valence-electron chi connectivity index (χ2n) is 8.04. The molecule has 0 unspecified atom stereocenters. The van der Waals surface area contributed by atoms with Gasteiger partial charge in [0.25, 0.3) is 5.91 Å². The molecule has 0 atom stereocenters. The zero-order valence-corrected chi connectivity index (χ0v) is 18.3. The maximum absolute atomic E-state index is 13.1. The molecular weight excluding hydrogens is 386 g/mol. The Balaban J connectivity index is 1.49. The number of nitrogens with one attached hydrogen (secondary N) is 1. The maximum atomic E-state index is 13.1. The number of hydrogen-bond donors (Lipinski definition) is 1. The van der Waals surface area contributed by atoms with Crippen LogP contribution in [0.2, 0.25) is 0 Å². The highest BCUT2D eigenvalue weighted by Gasteiger charge is 2.14. The predicted molar refractivity (Wildman–Crippen MR) is 126 cm³/mol. The molecule has 0 radical (unpaired) electrons. The van der Waals surface area contributed by atoms with Gasteiger partial charge in [-0.15, -0.1) is 0 Å². The number of nitrogens with zero attached hydrogens (tertiary/aromatic N) is 2. The Morgan fingerprint density at radius 1 is 1.06 bits per heavy atom. The molecule has 1 aromatic heterocycles. The van der Waals surface area contributed by atoms with Crippen molar-refractivity contribution >= 4 is 16.8 Å². The first-order chi connectivity index (χ1) is 15.2. The van der Waals surface area contributed by atoms with E-state index in [-0.39, 0.29) is 5.91 Å². The standard InChI is InChI=1S/C26H31N3O2/c1-2-31-21-13-11-20(12-14-21)25-19-23(22-9-4-5-10-24(22)28-25)26(30)27-15-8-18-29-16-6-3-7-17-29/h4-5,9-14,19H,2-3,6-8,15-18H2,1H3,(H,27,30). The van der Waals surface area contributed by atoms with Crippen molar-refractivity contribution in [1.29, 1.82) is 0 Å². The van der Waals surface area contributed by atoms with Crippen molar-refractivity contribution in [2.45, 2.75) is 32.6 Å². The van der Waals surface area contributed by atoms with Gasteiger partial charge in [-0.1, -0.05) is 24.6 Å². The van der Waals surface area contributed by atoms with Crippen molar-refractivity contribution in [2.24, 2.45) is 0 Å². The molecule has 162 valence electrons. The number of piperidine rings is 1. The number of benzene rings is 2. The lowest BCUT2D eigenvalue weighted by atomic mass is 10.0. The molecule has 0 spiro atoms. The summed E-state index contributed by atoms with van der Waals surface area (Å²) < 4.78 is 5.54. The Hall–Kier alpha value is -2.92. The molecule has 0 saturated carbocycles. The largest absolute Gasteiger partial charge is 0.494 e. The minimum absolute atomic E-state index is 0.0376. The van der Waals surface area contributed by atoms with Crippen molar-refractivity contribution in [3.05, 3.63) is 60.2 Å². The highest BCUT2D eigenvalue weighted by molar-refractivity contribution is 6.07. The van der Waals surface area contributed by atoms with Crippen LogP contribution < -0.4 is 10.1 Å². The van der Waals surface area contributed by atoms with Gasteiger partial charge in [0.05, 0.1) is 23.4 Å². The average Bonchev–Trinajstić information content (AvgIpc) is 2.82. The molecule has 3 aromatic rings. The summed E-state index contributed by atoms with van der Waals surface area (Å²) in [5.41, 5.74) is 3.26. The number of hydrogen-bond acceptors (Lipinski definition) is 4. The molecule has 2 heterocycles. The Kier molecular flexibility index (Phi) is 7.15. The minimum atomic E-state index is -0.0376. The molecule has 1 aliphatic heterocycles. The van der Waals surface area contributed by atoms with E-state index >= 15 is 0 Å². The monoisotopic (exact) mass is 417 g/mol. The first kappa shape index (κ1) is 21.3. The third-order valence-corrected chi connectivity index (χ3v) is 5.81. The predicted octanol–water partition coefficient (Wildman–Crippen LogP) is 4.91. The van der Waals surface area contributed by atoms with Crippen LogP contribution in [0.15, 0.2) is 54.6 Å². The number of aromatic nitrogens is 1. The number of para-hydroxylation sites is 1. The molecule has 1 amide bonds. The number of pyridine rings is 1. The van der Waals surface area contributed by atoms with Crippen LogP contribution in [0.25, 0.3) is 22.2 Å². The lowest BCUT2D eigenvalue weighted by Gasteiger charge is -2.26. The SMILES string of the molecule is CCOc1ccc(-c2cc(C(=O)NCCCN3CCCCC3)c3ccccc3n2)cc1. The fourth-order valence-electron chi connectivity index (χ4n) is 4.18. The van der Waals surface area contributed by atoms with Crippen molar-refractivity contribution in [3.63, 3.8) is 0 Å². The number of ether oxygens (including phenoxy) is 1. The van der Waals surface area contributed by atoms with Crippen LogP contribution >= 0.6 is 0 Å². The van der Waals surface area contributed by atoms with Crippen molar-refractivity contribution in [3.8, 4) is 17.0 Å². The summed E-state index contributed by atoms with van der Waals surface area (Å²) in [5.74, 6) is 0.795. The molecule has 0 aliphatic carbocycles. The summed E-state index contributed by atoms with van der Waals surface area (Å²) in [7, 11) is 0. The second kappa shape index (κ2) is 10.4. The first-order valence-corrected chi connectivity index (χ1v) is 11.4. The van der Waals surface area contributed by atoms with Gasteiger partial charge in [-0.2, -0.15) is 0 Å². The van der Waals surface area contributed by atoms with Crippen molar-refractivity contribution in [2.75, 3.05) is 32.8 Å². The quantitative estimate of drug-likeness (QED) is 0.529. The van der Waals surface area contributed by atoms with Crippen LogP contribution in [-0.2, 0) is 0 Å². The second-order valence-corrected chi connectivity index (χ2v) is 8.04. The Bertz CT molecular complexity index is 1010. The van der Waals surface area contributed by atoms with Crippen molar-refractivity contribution in [1.82, 2.24) is 15.2 Å². The van der Waals surface area contributed by atoms with Gasteiger partial charge in [0, 0.05) is 17.5 Å². The number of fused-ring (bicyclic) bond motifs is 1. The number of carbonyl (C=O) groups excluding carboxylic acids is 1. The fraction of sp³-hybridized carbons (Fsp3) is 0.385. The van der Waals surface area contributed by atoms with Crippen LogP contribution in [-0.4, -0.2) is 48.6 Å². The lowest BCUT2D eigenvalue weighted by molar-refractivity contribution is 0.0952. The Morgan fingerprint density at radius 3 is 2.61 bits per heavy atom. The molecule has 31 heavy (non-hydrogen) atoms. The molecule has 2 aromatic carbocycles. The molecule has 1 aliphatic rings. The summed E-state index contributed by atoms with van der Waals surface area (Å²) >= 11 is 0. The van der Waals surface area contributed by atoms with Gasteiger partial charge >= 0.3 is 0 Å². The van der Waals surface area contributed by atoms with E-state index in [0.717, 1.165) is 40.9 Å². The van der Waals surface area contributed by atoms with E-state index < -0.39 is 0 Å². The molecule has 1 N–H and O–H groups in total. The van der Waals surface area contributed by atoms with Gasteiger partial charge in [-0.3, -0.25) is 4.79 Å². The van der Waals surface area contributed by atoms with Crippen LogP contribution in [0.3, 0.4) is 0 Å². The number of carbonyl (C=O) groups is 1. The number of rotatable bonds is 8. The summed E-state index contributed by atoms with van der Waals surface area (Å²) in [6.07, 6.45) is 4.91. The van der Waals surface area contributed by atoms with E-state index in [4.69, 9.17) is 9.72 Å². The van der Waals surface area contributed by atoms with Crippen LogP contribution in [0, 0.1) is 0 Å². The van der Waals surface area contributed by atoms with E-state index in [1.165, 1.54) is 32.4 Å². The van der Waals surface area contributed by atoms with Gasteiger partial charge in [0.2, 0.25) is 0 Å². The minimum Gasteiger partial charge on any atom is -0.494 e. The zero-order valence-electron chi connectivity index (χ0n) is 18.3. The first-order valence-electron chi connectivity index (χ1n) is 11.4. The average molecular weight is 418 g/mol. The third kappa shape index (κ3) is 5.42. The van der Waals surface area contributed by atoms with Gasteiger partial charge < -0.3 is 15.0 Å². The topological polar surface area (TPSA) is 54.5 Å². The van der Waals surface area contributed by atoms with Gasteiger partial charge in [-0.05, 0) is 82.2 Å². The van der Waals surface area contributed by atoms with Gasteiger partial charge in [-0.25, -0.2) is 4.98 Å². The normalized spacial score (nSPS) is 14.5. The maximum Gasteiger partial charge on any atom is 0.252 e.